The maximum Gasteiger partial charge on any atom is 0.336 e. The van der Waals surface area contributed by atoms with Crippen LogP contribution in [-0.2, 0) is 0 Å². The van der Waals surface area contributed by atoms with E-state index >= 15 is 0 Å². The van der Waals surface area contributed by atoms with Crippen LogP contribution in [0.2, 0.25) is 0 Å². The first-order valence-corrected chi connectivity index (χ1v) is 12.5. The van der Waals surface area contributed by atoms with Gasteiger partial charge in [-0.3, -0.25) is 0 Å². The number of aromatic carboxylic acids is 1. The number of benzene rings is 4. The zero-order valence-electron chi connectivity index (χ0n) is 21.3. The number of hydrogen-bond acceptors (Lipinski definition) is 4. The molecule has 5 nitrogen and oxygen atoms in total. The van der Waals surface area contributed by atoms with Gasteiger partial charge in [-0.05, 0) is 59.0 Å². The Bertz CT molecular complexity index is 1400. The molecule has 0 saturated carbocycles. The van der Waals surface area contributed by atoms with Crippen LogP contribution >= 0.6 is 12.4 Å². The molecule has 0 spiro atoms. The quantitative estimate of drug-likeness (QED) is 0.269. The smallest absolute Gasteiger partial charge is 0.336 e. The van der Waals surface area contributed by atoms with E-state index in [4.69, 9.17) is 4.74 Å². The maximum atomic E-state index is 12.0. The van der Waals surface area contributed by atoms with Crippen molar-refractivity contribution in [1.82, 2.24) is 5.32 Å². The highest BCUT2D eigenvalue weighted by Gasteiger charge is 2.28. The summed E-state index contributed by atoms with van der Waals surface area (Å²) in [7, 11) is 0. The van der Waals surface area contributed by atoms with E-state index in [1.54, 1.807) is 6.07 Å². The third-order valence-electron chi connectivity index (χ3n) is 6.98. The van der Waals surface area contributed by atoms with Gasteiger partial charge in [0.25, 0.3) is 0 Å². The van der Waals surface area contributed by atoms with E-state index in [1.165, 1.54) is 16.3 Å². The number of carboxylic acid groups (broad SMARTS) is 1. The highest BCUT2D eigenvalue weighted by Crippen LogP contribution is 2.39. The van der Waals surface area contributed by atoms with Gasteiger partial charge < -0.3 is 20.1 Å². The van der Waals surface area contributed by atoms with E-state index < -0.39 is 5.97 Å². The highest BCUT2D eigenvalue weighted by atomic mass is 35.5. The van der Waals surface area contributed by atoms with Gasteiger partial charge in [-0.15, -0.1) is 12.4 Å². The number of anilines is 2. The summed E-state index contributed by atoms with van der Waals surface area (Å²) in [6.07, 6.45) is -0.102. The Labute approximate surface area is 224 Å². The molecule has 0 amide bonds. The van der Waals surface area contributed by atoms with Crippen LogP contribution in [0.3, 0.4) is 0 Å². The van der Waals surface area contributed by atoms with Gasteiger partial charge in [0.1, 0.15) is 11.9 Å². The van der Waals surface area contributed by atoms with Crippen LogP contribution < -0.4 is 15.0 Å². The molecule has 0 saturated heterocycles. The molecule has 0 radical (unpaired) electrons. The summed E-state index contributed by atoms with van der Waals surface area (Å²) < 4.78 is 6.38. The summed E-state index contributed by atoms with van der Waals surface area (Å²) in [6, 6.07) is 28.7. The van der Waals surface area contributed by atoms with Gasteiger partial charge in [-0.25, -0.2) is 4.79 Å². The molecule has 1 aliphatic rings. The van der Waals surface area contributed by atoms with E-state index in [2.05, 4.69) is 59.6 Å². The molecule has 1 heterocycles. The molecule has 1 unspecified atom stereocenters. The Kier molecular flexibility index (Phi) is 8.06. The minimum absolute atomic E-state index is 0. The fourth-order valence-electron chi connectivity index (χ4n) is 5.10. The molecule has 5 rings (SSSR count). The number of carbonyl (C=O) groups is 1. The van der Waals surface area contributed by atoms with Crippen molar-refractivity contribution >= 4 is 40.5 Å². The monoisotopic (exact) mass is 516 g/mol. The minimum Gasteiger partial charge on any atom is -0.485 e. The third kappa shape index (κ3) is 5.43. The van der Waals surface area contributed by atoms with Crippen LogP contribution in [0.1, 0.15) is 54.2 Å². The zero-order chi connectivity index (χ0) is 25.2. The molecule has 0 aliphatic carbocycles. The summed E-state index contributed by atoms with van der Waals surface area (Å²) >= 11 is 0. The van der Waals surface area contributed by atoms with Crippen LogP contribution in [-0.4, -0.2) is 30.3 Å². The third-order valence-corrected chi connectivity index (χ3v) is 6.98. The fraction of sp³-hybridized carbons (Fsp3) is 0.258. The topological polar surface area (TPSA) is 61.8 Å². The van der Waals surface area contributed by atoms with Crippen LogP contribution in [0.5, 0.6) is 5.75 Å². The molecule has 0 aromatic heterocycles. The molecule has 2 N–H and O–H groups in total. The summed E-state index contributed by atoms with van der Waals surface area (Å²) in [5.41, 5.74) is 4.27. The Morgan fingerprint density at radius 3 is 2.49 bits per heavy atom. The van der Waals surface area contributed by atoms with Crippen molar-refractivity contribution in [2.24, 2.45) is 0 Å². The normalized spacial score (nSPS) is 15.6. The number of rotatable bonds is 7. The lowest BCUT2D eigenvalue weighted by molar-refractivity contribution is 0.0695. The van der Waals surface area contributed by atoms with Gasteiger partial charge in [0, 0.05) is 18.3 Å². The van der Waals surface area contributed by atoms with E-state index in [1.807, 2.05) is 50.2 Å². The van der Waals surface area contributed by atoms with Gasteiger partial charge in [-0.1, -0.05) is 74.5 Å². The second-order valence-corrected chi connectivity index (χ2v) is 9.75. The number of hydrogen-bond donors (Lipinski definition) is 2. The molecule has 0 fully saturated rings. The van der Waals surface area contributed by atoms with E-state index in [0.29, 0.717) is 18.7 Å². The molecule has 1 aliphatic heterocycles. The van der Waals surface area contributed by atoms with E-state index in [-0.39, 0.29) is 30.5 Å². The van der Waals surface area contributed by atoms with E-state index in [9.17, 15) is 9.90 Å². The van der Waals surface area contributed by atoms with Crippen LogP contribution in [0.15, 0.2) is 84.9 Å². The molecule has 192 valence electrons. The Morgan fingerprint density at radius 2 is 1.70 bits per heavy atom. The van der Waals surface area contributed by atoms with Gasteiger partial charge in [0.05, 0.1) is 17.8 Å². The van der Waals surface area contributed by atoms with Crippen molar-refractivity contribution in [3.05, 3.63) is 102 Å². The van der Waals surface area contributed by atoms with Gasteiger partial charge in [-0.2, -0.15) is 0 Å². The first-order valence-electron chi connectivity index (χ1n) is 12.5. The summed E-state index contributed by atoms with van der Waals surface area (Å²) in [5, 5.41) is 16.0. The highest BCUT2D eigenvalue weighted by molar-refractivity contribution is 5.91. The standard InChI is InChI=1S/C31H32N2O3.ClH/c1-20(2)25-16-15-23(17-28(25)31(34)35)33-19-24(36-30-14-7-6-13-29(30)33)18-32-21(3)26-12-8-10-22-9-4-5-11-27(22)26;/h4-17,20-21,24,32H,18-19H2,1-3H3,(H,34,35);1H/t21-,24?;/m1./s1. The molecule has 37 heavy (non-hydrogen) atoms. The van der Waals surface area contributed by atoms with Crippen molar-refractivity contribution in [1.29, 1.82) is 0 Å². The summed E-state index contributed by atoms with van der Waals surface area (Å²) in [4.78, 5) is 14.2. The van der Waals surface area contributed by atoms with Crippen LogP contribution in [0, 0.1) is 0 Å². The fourth-order valence-corrected chi connectivity index (χ4v) is 5.10. The summed E-state index contributed by atoms with van der Waals surface area (Å²) in [6.45, 7) is 7.49. The molecule has 0 bridgehead atoms. The SMILES string of the molecule is CC(C)c1ccc(N2CC(CN[C@H](C)c3cccc4ccccc34)Oc3ccccc32)cc1C(=O)O.Cl. The number of ether oxygens (including phenoxy) is 1. The van der Waals surface area contributed by atoms with Crippen molar-refractivity contribution in [2.45, 2.75) is 38.8 Å². The second kappa shape index (κ2) is 11.2. The van der Waals surface area contributed by atoms with Gasteiger partial charge in [0.15, 0.2) is 0 Å². The number of nitrogens with one attached hydrogen (secondary N) is 1. The molecular formula is C31H33ClN2O3. The predicted molar refractivity (Wildman–Crippen MR) is 153 cm³/mol. The maximum absolute atomic E-state index is 12.0. The summed E-state index contributed by atoms with van der Waals surface area (Å²) in [5.74, 6) is 0.0389. The molecule has 6 heteroatoms. The van der Waals surface area contributed by atoms with Gasteiger partial charge >= 0.3 is 5.97 Å². The minimum atomic E-state index is -0.899. The number of carboxylic acids is 1. The molecular weight excluding hydrogens is 484 g/mol. The first kappa shape index (κ1) is 26.5. The molecule has 2 atom stereocenters. The lowest BCUT2D eigenvalue weighted by Gasteiger charge is -2.37. The number of halogens is 1. The van der Waals surface area contributed by atoms with Crippen molar-refractivity contribution < 1.29 is 14.6 Å². The second-order valence-electron chi connectivity index (χ2n) is 9.75. The van der Waals surface area contributed by atoms with Crippen LogP contribution in [0.25, 0.3) is 10.8 Å². The number of fused-ring (bicyclic) bond motifs is 2. The Balaban J connectivity index is 0.00000320. The Hall–Kier alpha value is -3.54. The molecule has 4 aromatic carbocycles. The van der Waals surface area contributed by atoms with Crippen molar-refractivity contribution in [3.8, 4) is 5.75 Å². The first-order chi connectivity index (χ1) is 17.4. The van der Waals surface area contributed by atoms with E-state index in [0.717, 1.165) is 22.7 Å². The van der Waals surface area contributed by atoms with Gasteiger partial charge in [0.2, 0.25) is 0 Å². The van der Waals surface area contributed by atoms with Crippen molar-refractivity contribution in [3.63, 3.8) is 0 Å². The predicted octanol–water partition coefficient (Wildman–Crippen LogP) is 7.33. The number of nitrogens with zero attached hydrogens (tertiary/aromatic N) is 1. The average Bonchev–Trinajstić information content (AvgIpc) is 2.90. The van der Waals surface area contributed by atoms with Crippen molar-refractivity contribution in [2.75, 3.05) is 18.0 Å². The lowest BCUT2D eigenvalue weighted by atomic mass is 9.96. The zero-order valence-corrected chi connectivity index (χ0v) is 22.2. The largest absolute Gasteiger partial charge is 0.485 e. The van der Waals surface area contributed by atoms with Crippen LogP contribution in [0.4, 0.5) is 11.4 Å². The lowest BCUT2D eigenvalue weighted by Crippen LogP contribution is -2.44. The molecule has 4 aromatic rings. The Morgan fingerprint density at radius 1 is 0.973 bits per heavy atom. The number of para-hydroxylation sites is 2. The average molecular weight is 517 g/mol.